The summed E-state index contributed by atoms with van der Waals surface area (Å²) in [6.07, 6.45) is 5.00. The first kappa shape index (κ1) is 11.8. The van der Waals surface area contributed by atoms with Gasteiger partial charge in [-0.1, -0.05) is 5.92 Å². The second-order valence-electron chi connectivity index (χ2n) is 3.07. The predicted octanol–water partition coefficient (Wildman–Crippen LogP) is 1.60. The molecule has 0 atom stereocenters. The molecule has 0 spiro atoms. The van der Waals surface area contributed by atoms with Gasteiger partial charge in [-0.15, -0.1) is 6.42 Å². The Kier molecular flexibility index (Phi) is 3.67. The van der Waals surface area contributed by atoms with E-state index in [4.69, 9.17) is 16.3 Å². The summed E-state index contributed by atoms with van der Waals surface area (Å²) in [5.41, 5.74) is 0.258. The van der Waals surface area contributed by atoms with E-state index < -0.39 is 5.97 Å². The van der Waals surface area contributed by atoms with Crippen molar-refractivity contribution in [3.05, 3.63) is 29.3 Å². The first-order valence-corrected chi connectivity index (χ1v) is 4.50. The molecular weight excluding hydrogens is 208 g/mol. The topological polar surface area (TPSA) is 63.6 Å². The van der Waals surface area contributed by atoms with Crippen molar-refractivity contribution in [1.29, 1.82) is 0 Å². The number of rotatable bonds is 4. The molecular formula is C12H10O4. The molecule has 4 nitrogen and oxygen atoms in total. The van der Waals surface area contributed by atoms with Crippen molar-refractivity contribution in [2.24, 2.45) is 0 Å². The number of ketones is 1. The molecule has 16 heavy (non-hydrogen) atoms. The van der Waals surface area contributed by atoms with Crippen LogP contribution in [0.5, 0.6) is 5.75 Å². The van der Waals surface area contributed by atoms with Crippen LogP contribution in [0.2, 0.25) is 0 Å². The molecule has 0 radical (unpaired) electrons. The number of ether oxygens (including phenoxy) is 1. The molecule has 0 bridgehead atoms. The second kappa shape index (κ2) is 4.99. The van der Waals surface area contributed by atoms with E-state index in [9.17, 15) is 9.59 Å². The average Bonchev–Trinajstić information content (AvgIpc) is 2.25. The third-order valence-corrected chi connectivity index (χ3v) is 1.93. The molecule has 4 heteroatoms. The van der Waals surface area contributed by atoms with Gasteiger partial charge in [0, 0.05) is 5.56 Å². The first-order chi connectivity index (χ1) is 7.56. The minimum absolute atomic E-state index is 0.0142. The van der Waals surface area contributed by atoms with Crippen LogP contribution in [0.25, 0.3) is 0 Å². The Hall–Kier alpha value is -2.28. The normalized spacial score (nSPS) is 9.25. The average molecular weight is 218 g/mol. The zero-order valence-electron chi connectivity index (χ0n) is 8.69. The summed E-state index contributed by atoms with van der Waals surface area (Å²) in [5.74, 6) is 1.04. The molecule has 82 valence electrons. The number of Topliss-reactive ketones (excluding diaryl/α,β-unsaturated/α-hetero) is 1. The molecule has 0 saturated carbocycles. The van der Waals surface area contributed by atoms with E-state index in [1.807, 2.05) is 0 Å². The number of hydrogen-bond donors (Lipinski definition) is 1. The van der Waals surface area contributed by atoms with E-state index in [1.165, 1.54) is 25.1 Å². The Morgan fingerprint density at radius 2 is 2.19 bits per heavy atom. The van der Waals surface area contributed by atoms with Crippen LogP contribution in [0, 0.1) is 12.3 Å². The Morgan fingerprint density at radius 1 is 1.50 bits per heavy atom. The second-order valence-corrected chi connectivity index (χ2v) is 3.07. The molecule has 0 fully saturated rings. The molecule has 0 heterocycles. The standard InChI is InChI=1S/C12H10O4/c1-3-6-16-11-5-4-9(8(2)13)7-10(11)12(14)15/h1,4-5,7H,6H2,2H3,(H,14,15). The number of benzene rings is 1. The maximum absolute atomic E-state index is 11.1. The minimum atomic E-state index is -1.16. The quantitative estimate of drug-likeness (QED) is 0.615. The lowest BCUT2D eigenvalue weighted by Gasteiger charge is -2.07. The maximum Gasteiger partial charge on any atom is 0.339 e. The van der Waals surface area contributed by atoms with Crippen LogP contribution in [-0.2, 0) is 0 Å². The smallest absolute Gasteiger partial charge is 0.339 e. The zero-order chi connectivity index (χ0) is 12.1. The number of carboxylic acid groups (broad SMARTS) is 1. The Balaban J connectivity index is 3.15. The lowest BCUT2D eigenvalue weighted by atomic mass is 10.1. The summed E-state index contributed by atoms with van der Waals surface area (Å²) < 4.78 is 5.05. The summed E-state index contributed by atoms with van der Waals surface area (Å²) >= 11 is 0. The summed E-state index contributed by atoms with van der Waals surface area (Å²) in [6.45, 7) is 1.35. The Bertz CT molecular complexity index is 468. The molecule has 1 aromatic rings. The Labute approximate surface area is 92.9 Å². The molecule has 1 rings (SSSR count). The molecule has 0 unspecified atom stereocenters. The fraction of sp³-hybridized carbons (Fsp3) is 0.167. The van der Waals surface area contributed by atoms with Crippen LogP contribution in [0.1, 0.15) is 27.6 Å². The van der Waals surface area contributed by atoms with Gasteiger partial charge in [0.15, 0.2) is 5.78 Å². The van der Waals surface area contributed by atoms with E-state index in [0.717, 1.165) is 0 Å². The number of carbonyl (C=O) groups is 2. The van der Waals surface area contributed by atoms with E-state index >= 15 is 0 Å². The van der Waals surface area contributed by atoms with Gasteiger partial charge in [0.25, 0.3) is 0 Å². The number of hydrogen-bond acceptors (Lipinski definition) is 3. The van der Waals surface area contributed by atoms with Crippen LogP contribution in [0.15, 0.2) is 18.2 Å². The lowest BCUT2D eigenvalue weighted by molar-refractivity contribution is 0.0693. The summed E-state index contributed by atoms with van der Waals surface area (Å²) in [5, 5.41) is 8.93. The fourth-order valence-corrected chi connectivity index (χ4v) is 1.16. The van der Waals surface area contributed by atoms with Gasteiger partial charge in [0.2, 0.25) is 0 Å². The van der Waals surface area contributed by atoms with E-state index in [-0.39, 0.29) is 23.7 Å². The third kappa shape index (κ3) is 2.61. The highest BCUT2D eigenvalue weighted by Crippen LogP contribution is 2.20. The summed E-state index contributed by atoms with van der Waals surface area (Å²) in [4.78, 5) is 22.0. The van der Waals surface area contributed by atoms with Gasteiger partial charge in [-0.2, -0.15) is 0 Å². The van der Waals surface area contributed by atoms with Gasteiger partial charge >= 0.3 is 5.97 Å². The molecule has 0 aliphatic carbocycles. The zero-order valence-corrected chi connectivity index (χ0v) is 8.69. The number of terminal acetylenes is 1. The highest BCUT2D eigenvalue weighted by molar-refractivity contribution is 5.98. The van der Waals surface area contributed by atoms with Crippen molar-refractivity contribution < 1.29 is 19.4 Å². The molecule has 1 aromatic carbocycles. The number of carboxylic acids is 1. The van der Waals surface area contributed by atoms with E-state index in [0.29, 0.717) is 5.56 Å². The van der Waals surface area contributed by atoms with Crippen LogP contribution < -0.4 is 4.74 Å². The van der Waals surface area contributed by atoms with Crippen molar-refractivity contribution >= 4 is 11.8 Å². The van der Waals surface area contributed by atoms with Gasteiger partial charge in [-0.25, -0.2) is 4.79 Å². The van der Waals surface area contributed by atoms with E-state index in [1.54, 1.807) is 0 Å². The highest BCUT2D eigenvalue weighted by Gasteiger charge is 2.13. The number of aromatic carboxylic acids is 1. The largest absolute Gasteiger partial charge is 0.480 e. The van der Waals surface area contributed by atoms with Gasteiger partial charge in [0.05, 0.1) is 0 Å². The monoisotopic (exact) mass is 218 g/mol. The van der Waals surface area contributed by atoms with E-state index in [2.05, 4.69) is 5.92 Å². The van der Waals surface area contributed by atoms with Gasteiger partial charge in [-0.3, -0.25) is 4.79 Å². The highest BCUT2D eigenvalue weighted by atomic mass is 16.5. The van der Waals surface area contributed by atoms with Crippen molar-refractivity contribution in [2.75, 3.05) is 6.61 Å². The molecule has 0 aliphatic heterocycles. The summed E-state index contributed by atoms with van der Waals surface area (Å²) in [7, 11) is 0. The molecule has 0 aliphatic rings. The third-order valence-electron chi connectivity index (χ3n) is 1.93. The van der Waals surface area contributed by atoms with Crippen molar-refractivity contribution in [1.82, 2.24) is 0 Å². The SMILES string of the molecule is C#CCOc1ccc(C(C)=O)cc1C(=O)O. The van der Waals surface area contributed by atoms with Gasteiger partial charge < -0.3 is 9.84 Å². The van der Waals surface area contributed by atoms with Crippen LogP contribution in [-0.4, -0.2) is 23.5 Å². The molecule has 0 aromatic heterocycles. The van der Waals surface area contributed by atoms with Crippen molar-refractivity contribution in [3.63, 3.8) is 0 Å². The van der Waals surface area contributed by atoms with Crippen LogP contribution in [0.3, 0.4) is 0 Å². The first-order valence-electron chi connectivity index (χ1n) is 4.50. The Morgan fingerprint density at radius 3 is 2.69 bits per heavy atom. The van der Waals surface area contributed by atoms with Gasteiger partial charge in [0.1, 0.15) is 17.9 Å². The fourth-order valence-electron chi connectivity index (χ4n) is 1.16. The van der Waals surface area contributed by atoms with Crippen LogP contribution in [0.4, 0.5) is 0 Å². The molecule has 0 amide bonds. The number of carbonyl (C=O) groups excluding carboxylic acids is 1. The van der Waals surface area contributed by atoms with Crippen LogP contribution >= 0.6 is 0 Å². The predicted molar refractivity (Wildman–Crippen MR) is 57.7 cm³/mol. The van der Waals surface area contributed by atoms with Crippen molar-refractivity contribution in [2.45, 2.75) is 6.92 Å². The van der Waals surface area contributed by atoms with Gasteiger partial charge in [-0.05, 0) is 25.1 Å². The lowest BCUT2D eigenvalue weighted by Crippen LogP contribution is -2.05. The molecule has 1 N–H and O–H groups in total. The van der Waals surface area contributed by atoms with Crippen molar-refractivity contribution in [3.8, 4) is 18.1 Å². The maximum atomic E-state index is 11.1. The molecule has 0 saturated heterocycles. The minimum Gasteiger partial charge on any atom is -0.480 e. The summed E-state index contributed by atoms with van der Waals surface area (Å²) in [6, 6.07) is 4.20.